The van der Waals surface area contributed by atoms with Gasteiger partial charge in [-0.05, 0) is 24.6 Å². The Bertz CT molecular complexity index is 1170. The second-order valence-corrected chi connectivity index (χ2v) is 8.04. The van der Waals surface area contributed by atoms with Gasteiger partial charge >= 0.3 is 12.2 Å². The van der Waals surface area contributed by atoms with E-state index in [1.165, 1.54) is 12.5 Å². The van der Waals surface area contributed by atoms with Gasteiger partial charge in [-0.25, -0.2) is 19.7 Å². The number of nitrogens with zero attached hydrogens (tertiary/aromatic N) is 6. The SMILES string of the molecule is Nc1ncc(-c2cc3n(n2)CCC32CN(C(=O)NCc3ccncn3)C2)cc1C(F)(F)F. The molecule has 0 aromatic carbocycles. The quantitative estimate of drug-likeness (QED) is 0.640. The number of carbonyl (C=O) groups is 1. The van der Waals surface area contributed by atoms with Crippen LogP contribution >= 0.6 is 0 Å². The Balaban J connectivity index is 1.30. The van der Waals surface area contributed by atoms with Gasteiger partial charge in [0.2, 0.25) is 0 Å². The first-order valence-corrected chi connectivity index (χ1v) is 9.94. The minimum atomic E-state index is -4.59. The molecule has 0 saturated carbocycles. The van der Waals surface area contributed by atoms with Crippen molar-refractivity contribution in [3.8, 4) is 11.3 Å². The second kappa shape index (κ2) is 7.18. The standard InChI is InChI=1S/C20H19F3N8O/c21-20(22,23)14-5-12(7-26-17(14)24)15-6-16-19(2-4-31(16)29-15)9-30(10-19)18(32)27-8-13-1-3-25-11-28-13/h1,3,5-7,11H,2,4,8-10H2,(H2,24,26)(H,27,32). The lowest BCUT2D eigenvalue weighted by molar-refractivity contribution is -0.137. The van der Waals surface area contributed by atoms with Crippen molar-refractivity contribution in [3.05, 3.63) is 53.9 Å². The van der Waals surface area contributed by atoms with E-state index in [0.29, 0.717) is 37.6 Å². The van der Waals surface area contributed by atoms with Crippen LogP contribution in [0.1, 0.15) is 23.4 Å². The summed E-state index contributed by atoms with van der Waals surface area (Å²) in [6.45, 7) is 1.97. The number of nitrogens with one attached hydrogen (secondary N) is 1. The van der Waals surface area contributed by atoms with Crippen molar-refractivity contribution in [1.29, 1.82) is 0 Å². The monoisotopic (exact) mass is 444 g/mol. The Hall–Kier alpha value is -3.70. The van der Waals surface area contributed by atoms with Crippen molar-refractivity contribution in [2.75, 3.05) is 18.8 Å². The third-order valence-corrected chi connectivity index (χ3v) is 5.98. The fourth-order valence-corrected chi connectivity index (χ4v) is 4.29. The average molecular weight is 444 g/mol. The van der Waals surface area contributed by atoms with E-state index in [1.54, 1.807) is 27.9 Å². The summed E-state index contributed by atoms with van der Waals surface area (Å²) in [5, 5.41) is 7.31. The van der Waals surface area contributed by atoms with E-state index in [0.717, 1.165) is 18.2 Å². The fraction of sp³-hybridized carbons (Fsp3) is 0.350. The van der Waals surface area contributed by atoms with Crippen molar-refractivity contribution in [2.45, 2.75) is 31.1 Å². The zero-order chi connectivity index (χ0) is 22.5. The lowest BCUT2D eigenvalue weighted by atomic mass is 9.76. The number of carbonyl (C=O) groups excluding carboxylic acids is 1. The summed E-state index contributed by atoms with van der Waals surface area (Å²) in [5.41, 5.74) is 6.46. The van der Waals surface area contributed by atoms with Gasteiger partial charge in [0, 0.05) is 48.7 Å². The van der Waals surface area contributed by atoms with E-state index in [-0.39, 0.29) is 17.0 Å². The molecule has 9 nitrogen and oxygen atoms in total. The first kappa shape index (κ1) is 20.2. The van der Waals surface area contributed by atoms with Gasteiger partial charge < -0.3 is 16.0 Å². The smallest absolute Gasteiger partial charge is 0.383 e. The molecule has 0 radical (unpaired) electrons. The lowest BCUT2D eigenvalue weighted by Crippen LogP contribution is -2.62. The molecule has 12 heteroatoms. The van der Waals surface area contributed by atoms with Crippen molar-refractivity contribution >= 4 is 11.8 Å². The third-order valence-electron chi connectivity index (χ3n) is 5.98. The van der Waals surface area contributed by atoms with Crippen molar-refractivity contribution < 1.29 is 18.0 Å². The van der Waals surface area contributed by atoms with Crippen LogP contribution in [-0.2, 0) is 24.7 Å². The number of likely N-dealkylation sites (tertiary alicyclic amines) is 1. The molecule has 5 heterocycles. The van der Waals surface area contributed by atoms with Gasteiger partial charge in [-0.1, -0.05) is 0 Å². The van der Waals surface area contributed by atoms with Gasteiger partial charge in [0.05, 0.1) is 23.5 Å². The number of aromatic nitrogens is 5. The summed E-state index contributed by atoms with van der Waals surface area (Å²) in [6.07, 6.45) is 0.552. The highest BCUT2D eigenvalue weighted by Gasteiger charge is 2.51. The zero-order valence-electron chi connectivity index (χ0n) is 16.8. The number of rotatable bonds is 3. The van der Waals surface area contributed by atoms with Crippen LogP contribution in [0.3, 0.4) is 0 Å². The number of nitrogens with two attached hydrogens (primary N) is 1. The van der Waals surface area contributed by atoms with E-state index in [2.05, 4.69) is 25.4 Å². The van der Waals surface area contributed by atoms with Gasteiger partial charge in [-0.3, -0.25) is 4.68 Å². The number of alkyl halides is 3. The Labute approximate surface area is 180 Å². The molecular weight excluding hydrogens is 425 g/mol. The second-order valence-electron chi connectivity index (χ2n) is 8.04. The van der Waals surface area contributed by atoms with Crippen LogP contribution in [0.2, 0.25) is 0 Å². The number of nitrogen functional groups attached to an aromatic ring is 1. The minimum absolute atomic E-state index is 0.190. The molecule has 2 aliphatic rings. The first-order valence-electron chi connectivity index (χ1n) is 9.94. The van der Waals surface area contributed by atoms with Gasteiger partial charge in [0.1, 0.15) is 12.1 Å². The number of amides is 2. The number of halogens is 3. The predicted molar refractivity (Wildman–Crippen MR) is 107 cm³/mol. The molecule has 0 unspecified atom stereocenters. The summed E-state index contributed by atoms with van der Waals surface area (Å²) in [5.74, 6) is -0.563. The summed E-state index contributed by atoms with van der Waals surface area (Å²) in [7, 11) is 0. The van der Waals surface area contributed by atoms with Crippen LogP contribution in [0.25, 0.3) is 11.3 Å². The maximum atomic E-state index is 13.2. The fourth-order valence-electron chi connectivity index (χ4n) is 4.29. The molecule has 5 rings (SSSR count). The normalized spacial score (nSPS) is 16.7. The number of fused-ring (bicyclic) bond motifs is 2. The van der Waals surface area contributed by atoms with Crippen molar-refractivity contribution in [1.82, 2.24) is 34.9 Å². The number of hydrogen-bond acceptors (Lipinski definition) is 6. The van der Waals surface area contributed by atoms with E-state index < -0.39 is 17.6 Å². The van der Waals surface area contributed by atoms with Crippen molar-refractivity contribution in [3.63, 3.8) is 0 Å². The highest BCUT2D eigenvalue weighted by Crippen LogP contribution is 2.44. The molecule has 2 amide bonds. The molecule has 0 atom stereocenters. The highest BCUT2D eigenvalue weighted by molar-refractivity contribution is 5.76. The average Bonchev–Trinajstić information content (AvgIpc) is 3.30. The molecule has 3 aromatic rings. The Morgan fingerprint density at radius 2 is 2.06 bits per heavy atom. The summed E-state index contributed by atoms with van der Waals surface area (Å²) in [4.78, 5) is 25.8. The number of anilines is 1. The summed E-state index contributed by atoms with van der Waals surface area (Å²) in [6, 6.07) is 4.30. The molecule has 1 spiro atoms. The van der Waals surface area contributed by atoms with Crippen LogP contribution in [0.5, 0.6) is 0 Å². The molecule has 1 fully saturated rings. The maximum Gasteiger partial charge on any atom is 0.419 e. The molecule has 3 aromatic heterocycles. The Morgan fingerprint density at radius 1 is 1.25 bits per heavy atom. The van der Waals surface area contributed by atoms with Crippen molar-refractivity contribution in [2.24, 2.45) is 0 Å². The molecule has 32 heavy (non-hydrogen) atoms. The number of aryl methyl sites for hydroxylation is 1. The lowest BCUT2D eigenvalue weighted by Gasteiger charge is -2.47. The zero-order valence-corrected chi connectivity index (χ0v) is 16.8. The van der Waals surface area contributed by atoms with Gasteiger partial charge in [0.15, 0.2) is 0 Å². The van der Waals surface area contributed by atoms with Crippen LogP contribution in [0.4, 0.5) is 23.8 Å². The summed E-state index contributed by atoms with van der Waals surface area (Å²) < 4.78 is 41.4. The predicted octanol–water partition coefficient (Wildman–Crippen LogP) is 2.20. The highest BCUT2D eigenvalue weighted by atomic mass is 19.4. The van der Waals surface area contributed by atoms with E-state index in [4.69, 9.17) is 5.73 Å². The maximum absolute atomic E-state index is 13.2. The van der Waals surface area contributed by atoms with Crippen LogP contribution in [-0.4, -0.2) is 48.8 Å². The third kappa shape index (κ3) is 3.41. The molecule has 2 aliphatic heterocycles. The molecule has 166 valence electrons. The van der Waals surface area contributed by atoms with E-state index >= 15 is 0 Å². The Kier molecular flexibility index (Phi) is 4.53. The van der Waals surface area contributed by atoms with E-state index in [9.17, 15) is 18.0 Å². The van der Waals surface area contributed by atoms with Crippen LogP contribution in [0.15, 0.2) is 36.9 Å². The summed E-state index contributed by atoms with van der Waals surface area (Å²) >= 11 is 0. The molecule has 1 saturated heterocycles. The minimum Gasteiger partial charge on any atom is -0.383 e. The Morgan fingerprint density at radius 3 is 2.78 bits per heavy atom. The number of urea groups is 1. The van der Waals surface area contributed by atoms with Gasteiger partial charge in [-0.15, -0.1) is 0 Å². The van der Waals surface area contributed by atoms with Gasteiger partial charge in [0.25, 0.3) is 0 Å². The molecule has 3 N–H and O–H groups in total. The largest absolute Gasteiger partial charge is 0.419 e. The van der Waals surface area contributed by atoms with E-state index in [1.807, 2.05) is 0 Å². The topological polar surface area (TPSA) is 115 Å². The molecule has 0 bridgehead atoms. The number of pyridine rings is 1. The molecule has 0 aliphatic carbocycles. The van der Waals surface area contributed by atoms with Crippen LogP contribution in [0, 0.1) is 0 Å². The van der Waals surface area contributed by atoms with Crippen LogP contribution < -0.4 is 11.1 Å². The number of hydrogen-bond donors (Lipinski definition) is 2. The molecular formula is C20H19F3N8O. The first-order chi connectivity index (χ1) is 15.2. The van der Waals surface area contributed by atoms with Gasteiger partial charge in [-0.2, -0.15) is 18.3 Å².